The molecule has 2 aromatic heterocycles. The molecule has 0 aliphatic heterocycles. The quantitative estimate of drug-likeness (QED) is 0.0145. The highest BCUT2D eigenvalue weighted by atomic mass is 16.6. The molecule has 0 saturated heterocycles. The lowest BCUT2D eigenvalue weighted by Gasteiger charge is -2.30. The number of ether oxygens (including phenoxy) is 12. The highest BCUT2D eigenvalue weighted by Crippen LogP contribution is 2.31. The summed E-state index contributed by atoms with van der Waals surface area (Å²) in [7, 11) is 3.15. The van der Waals surface area contributed by atoms with E-state index in [9.17, 15) is 28.8 Å². The van der Waals surface area contributed by atoms with E-state index in [0.29, 0.717) is 146 Å². The first-order valence-electron chi connectivity index (χ1n) is 30.7. The molecular formula is C61H98N12O18. The molecule has 2 heterocycles. The number of nitrogens with two attached hydrogens (primary N) is 3. The number of rotatable bonds is 49. The molecule has 2 atom stereocenters. The lowest BCUT2D eigenvalue weighted by atomic mass is 10.0. The first-order chi connectivity index (χ1) is 43.9. The summed E-state index contributed by atoms with van der Waals surface area (Å²) < 4.78 is 68.1. The van der Waals surface area contributed by atoms with Gasteiger partial charge in [-0.05, 0) is 76.3 Å². The Labute approximate surface area is 532 Å². The van der Waals surface area contributed by atoms with Crippen molar-refractivity contribution in [1.29, 1.82) is 0 Å². The average molecular weight is 1290 g/mol. The molecular weight excluding hydrogens is 1190 g/mol. The molecule has 0 unspecified atom stereocenters. The van der Waals surface area contributed by atoms with Crippen LogP contribution in [0, 0.1) is 5.92 Å². The molecule has 0 aliphatic carbocycles. The largest absolute Gasteiger partial charge is 0.445 e. The predicted molar refractivity (Wildman–Crippen MR) is 337 cm³/mol. The number of nitrogen functional groups attached to an aromatic ring is 1. The zero-order valence-corrected chi connectivity index (χ0v) is 54.0. The van der Waals surface area contributed by atoms with E-state index < -0.39 is 53.5 Å². The van der Waals surface area contributed by atoms with Crippen molar-refractivity contribution in [3.8, 4) is 0 Å². The van der Waals surface area contributed by atoms with Gasteiger partial charge in [-0.25, -0.2) is 25.4 Å². The topological polar surface area (TPSA) is 377 Å². The number of imidazole rings is 1. The number of carbonyl (C=O) groups is 6. The number of hydrogen-bond acceptors (Lipinski definition) is 23. The normalized spacial score (nSPS) is 12.2. The van der Waals surface area contributed by atoms with Gasteiger partial charge in [0.25, 0.3) is 5.91 Å². The van der Waals surface area contributed by atoms with Gasteiger partial charge in [0.2, 0.25) is 17.7 Å². The molecule has 30 nitrogen and oxygen atoms in total. The van der Waals surface area contributed by atoms with Crippen molar-refractivity contribution in [3.63, 3.8) is 0 Å². The number of pyridine rings is 1. The van der Waals surface area contributed by atoms with Gasteiger partial charge < -0.3 is 98.6 Å². The number of likely N-dealkylation sites (N-methyl/N-ethyl adjacent to an activating group) is 2. The number of aromatic nitrogens is 3. The third-order valence-electron chi connectivity index (χ3n) is 13.5. The van der Waals surface area contributed by atoms with Crippen LogP contribution in [0.2, 0.25) is 0 Å². The Kier molecular flexibility index (Phi) is 36.8. The number of nitrogens with zero attached hydrogens (tertiary/aromatic N) is 5. The Bertz CT molecular complexity index is 2780. The van der Waals surface area contributed by atoms with E-state index >= 15 is 0 Å². The Balaban J connectivity index is 1.06. The van der Waals surface area contributed by atoms with Crippen molar-refractivity contribution >= 4 is 69.3 Å². The van der Waals surface area contributed by atoms with E-state index in [-0.39, 0.29) is 77.6 Å². The molecule has 0 saturated carbocycles. The SMILES string of the molecule is CCOCc1nc2c(N)nc3ccccc3c2n1CC(C)(C)OC(=O)N(C)CCN(C)C(=O)OCc1ccc(NC(=O)[C@H](CCCCN)NC(=O)[C@@H](NC(=O)COCCOCCOCCOCCOCCOCCOCCOCCOCC(=O)NN)C(C)C)cc1. The summed E-state index contributed by atoms with van der Waals surface area (Å²) in [5, 5.41) is 9.25. The van der Waals surface area contributed by atoms with Crippen molar-refractivity contribution in [3.05, 3.63) is 59.9 Å². The van der Waals surface area contributed by atoms with E-state index in [1.54, 1.807) is 66.1 Å². The van der Waals surface area contributed by atoms with Crippen molar-refractivity contribution in [2.24, 2.45) is 17.5 Å². The number of benzene rings is 2. The second-order valence-electron chi connectivity index (χ2n) is 21.8. The van der Waals surface area contributed by atoms with Gasteiger partial charge in [-0.2, -0.15) is 0 Å². The fourth-order valence-corrected chi connectivity index (χ4v) is 8.56. The van der Waals surface area contributed by atoms with Crippen molar-refractivity contribution in [1.82, 2.24) is 40.4 Å². The van der Waals surface area contributed by atoms with Crippen LogP contribution in [0.15, 0.2) is 48.5 Å². The highest BCUT2D eigenvalue weighted by Gasteiger charge is 2.31. The monoisotopic (exact) mass is 1290 g/mol. The molecule has 510 valence electrons. The molecule has 0 bridgehead atoms. The molecule has 4 rings (SSSR count). The number of para-hydroxylation sites is 1. The minimum Gasteiger partial charge on any atom is -0.445 e. The fraction of sp³-hybridized carbons (Fsp3) is 0.639. The molecule has 0 fully saturated rings. The molecule has 10 N–H and O–H groups in total. The number of nitrogens with one attached hydrogen (secondary N) is 4. The molecule has 6 amide bonds. The van der Waals surface area contributed by atoms with Gasteiger partial charge in [-0.3, -0.25) is 24.6 Å². The first-order valence-corrected chi connectivity index (χ1v) is 30.7. The van der Waals surface area contributed by atoms with Crippen LogP contribution in [-0.4, -0.2) is 237 Å². The second kappa shape index (κ2) is 43.8. The predicted octanol–water partition coefficient (Wildman–Crippen LogP) is 2.65. The Morgan fingerprint density at radius 2 is 1.14 bits per heavy atom. The summed E-state index contributed by atoms with van der Waals surface area (Å²) in [5.74, 6) is 3.63. The second-order valence-corrected chi connectivity index (χ2v) is 21.8. The average Bonchev–Trinajstić information content (AvgIpc) is 1.73. The van der Waals surface area contributed by atoms with Crippen LogP contribution in [-0.2, 0) is 95.8 Å². The van der Waals surface area contributed by atoms with Crippen molar-refractivity contribution in [2.45, 2.75) is 91.3 Å². The Morgan fingerprint density at radius 1 is 0.626 bits per heavy atom. The third-order valence-corrected chi connectivity index (χ3v) is 13.5. The number of fused-ring (bicyclic) bond motifs is 3. The fourth-order valence-electron chi connectivity index (χ4n) is 8.56. The van der Waals surface area contributed by atoms with E-state index in [2.05, 4.69) is 20.9 Å². The van der Waals surface area contributed by atoms with Gasteiger partial charge in [0.1, 0.15) is 55.5 Å². The minimum atomic E-state index is -1.01. The van der Waals surface area contributed by atoms with Gasteiger partial charge in [0.05, 0.1) is 123 Å². The molecule has 0 aliphatic rings. The van der Waals surface area contributed by atoms with Gasteiger partial charge in [0.15, 0.2) is 5.82 Å². The number of anilines is 2. The van der Waals surface area contributed by atoms with Crippen LogP contribution in [0.5, 0.6) is 0 Å². The van der Waals surface area contributed by atoms with E-state index in [4.69, 9.17) is 79.1 Å². The zero-order chi connectivity index (χ0) is 66.2. The maximum absolute atomic E-state index is 13.7. The number of hydrogen-bond donors (Lipinski definition) is 7. The number of carbonyl (C=O) groups excluding carboxylic acids is 6. The summed E-state index contributed by atoms with van der Waals surface area (Å²) in [6.07, 6.45) is 0.274. The smallest absolute Gasteiger partial charge is 0.410 e. The van der Waals surface area contributed by atoms with E-state index in [1.165, 1.54) is 9.80 Å². The number of amides is 6. The molecule has 0 spiro atoms. The highest BCUT2D eigenvalue weighted by molar-refractivity contribution is 6.06. The summed E-state index contributed by atoms with van der Waals surface area (Å²) in [5.41, 5.74) is 16.2. The number of unbranched alkanes of at least 4 members (excludes halogenated alkanes) is 1. The lowest BCUT2D eigenvalue weighted by molar-refractivity contribution is -0.134. The first kappa shape index (κ1) is 76.5. The van der Waals surface area contributed by atoms with Gasteiger partial charge in [-0.15, -0.1) is 0 Å². The van der Waals surface area contributed by atoms with Crippen LogP contribution in [0.3, 0.4) is 0 Å². The van der Waals surface area contributed by atoms with Crippen molar-refractivity contribution < 1.29 is 85.6 Å². The van der Waals surface area contributed by atoms with Gasteiger partial charge in [-0.1, -0.05) is 44.2 Å². The summed E-state index contributed by atoms with van der Waals surface area (Å²) >= 11 is 0. The standard InChI is InChI=1S/C61H98N12O18/c1-8-80-40-50-68-54-55(47-13-9-10-14-48(47)66-56(54)63)73(50)43-61(4,5)91-60(79)72(7)22-21-71(6)59(78)90-39-45-16-18-46(19-17-45)65-57(76)49(15-11-12-20-62)67-58(77)53(44(2)3)69-51(74)41-88-37-35-86-33-31-84-29-27-82-25-23-81-24-26-83-28-30-85-32-34-87-36-38-89-42-52(75)70-64/h9-10,13-14,16-19,44,49,53H,8,11-12,15,20-43,62,64H2,1-7H3,(H2,63,66)(H,65,76)(H,67,77)(H,69,74)(H,70,75)/t49-,53-/m0/s1. The Morgan fingerprint density at radius 3 is 1.66 bits per heavy atom. The van der Waals surface area contributed by atoms with Crippen LogP contribution < -0.4 is 38.7 Å². The maximum Gasteiger partial charge on any atom is 0.410 e. The zero-order valence-electron chi connectivity index (χ0n) is 54.0. The Hall–Kier alpha value is -6.94. The van der Waals surface area contributed by atoms with Crippen LogP contribution in [0.4, 0.5) is 21.1 Å². The number of hydrazine groups is 1. The summed E-state index contributed by atoms with van der Waals surface area (Å²) in [6.45, 7) is 15.9. The lowest BCUT2D eigenvalue weighted by Crippen LogP contribution is -2.55. The van der Waals surface area contributed by atoms with E-state index in [1.807, 2.05) is 41.2 Å². The van der Waals surface area contributed by atoms with Gasteiger partial charge in [0, 0.05) is 44.9 Å². The summed E-state index contributed by atoms with van der Waals surface area (Å²) in [4.78, 5) is 89.7. The molecule has 30 heteroatoms. The molecule has 2 aromatic carbocycles. The molecule has 91 heavy (non-hydrogen) atoms. The van der Waals surface area contributed by atoms with Crippen LogP contribution in [0.1, 0.15) is 65.3 Å². The van der Waals surface area contributed by atoms with Crippen molar-refractivity contribution in [2.75, 3.05) is 170 Å². The summed E-state index contributed by atoms with van der Waals surface area (Å²) in [6, 6.07) is 12.4. The van der Waals surface area contributed by atoms with Gasteiger partial charge >= 0.3 is 12.2 Å². The van der Waals surface area contributed by atoms with Crippen LogP contribution >= 0.6 is 0 Å². The maximum atomic E-state index is 13.7. The van der Waals surface area contributed by atoms with Crippen LogP contribution in [0.25, 0.3) is 21.9 Å². The molecule has 0 radical (unpaired) electrons. The molecule has 4 aromatic rings. The third kappa shape index (κ3) is 29.9. The minimum absolute atomic E-state index is 0.0708. The van der Waals surface area contributed by atoms with E-state index in [0.717, 1.165) is 10.9 Å².